The largest absolute Gasteiger partial charge is 0.455 e. The number of anilines is 2. The van der Waals surface area contributed by atoms with Crippen molar-refractivity contribution in [2.24, 2.45) is 5.73 Å². The Morgan fingerprint density at radius 2 is 2.03 bits per heavy atom. The molecule has 0 aliphatic heterocycles. The van der Waals surface area contributed by atoms with Crippen molar-refractivity contribution in [3.8, 4) is 23.3 Å². The van der Waals surface area contributed by atoms with Gasteiger partial charge in [0.05, 0.1) is 11.7 Å². The van der Waals surface area contributed by atoms with Crippen LogP contribution in [0.2, 0.25) is 0 Å². The summed E-state index contributed by atoms with van der Waals surface area (Å²) in [7, 11) is 0. The number of nitrogens with one attached hydrogen (secondary N) is 1. The van der Waals surface area contributed by atoms with Gasteiger partial charge in [-0.3, -0.25) is 4.98 Å². The van der Waals surface area contributed by atoms with Gasteiger partial charge in [0.15, 0.2) is 0 Å². The van der Waals surface area contributed by atoms with E-state index in [0.717, 1.165) is 39.3 Å². The zero-order valence-corrected chi connectivity index (χ0v) is 16.6. The molecule has 0 amide bonds. The number of nitrogens with two attached hydrogens (primary N) is 1. The van der Waals surface area contributed by atoms with Gasteiger partial charge in [-0.1, -0.05) is 11.8 Å². The average molecular weight is 395 g/mol. The van der Waals surface area contributed by atoms with E-state index in [1.807, 2.05) is 55.5 Å². The first kappa shape index (κ1) is 19.4. The molecule has 0 fully saturated rings. The van der Waals surface area contributed by atoms with Crippen molar-refractivity contribution in [1.29, 1.82) is 0 Å². The summed E-state index contributed by atoms with van der Waals surface area (Å²) >= 11 is 0. The van der Waals surface area contributed by atoms with E-state index in [9.17, 15) is 0 Å². The summed E-state index contributed by atoms with van der Waals surface area (Å²) in [5, 5.41) is 4.29. The summed E-state index contributed by atoms with van der Waals surface area (Å²) < 4.78 is 5.91. The molecule has 0 spiro atoms. The lowest BCUT2D eigenvalue weighted by Crippen LogP contribution is -1.97. The molecule has 3 N–H and O–H groups in total. The molecule has 4 rings (SSSR count). The highest BCUT2D eigenvalue weighted by Crippen LogP contribution is 2.29. The Labute approximate surface area is 175 Å². The van der Waals surface area contributed by atoms with Gasteiger partial charge in [0.1, 0.15) is 23.6 Å². The molecular formula is C24H21N5O. The number of pyridine rings is 1. The minimum absolute atomic E-state index is 0.552. The van der Waals surface area contributed by atoms with E-state index in [0.29, 0.717) is 18.7 Å². The molecule has 2 aromatic carbocycles. The van der Waals surface area contributed by atoms with Crippen molar-refractivity contribution in [2.75, 3.05) is 11.9 Å². The highest BCUT2D eigenvalue weighted by molar-refractivity contribution is 5.91. The summed E-state index contributed by atoms with van der Waals surface area (Å²) in [4.78, 5) is 12.9. The first-order valence-corrected chi connectivity index (χ1v) is 9.62. The summed E-state index contributed by atoms with van der Waals surface area (Å²) in [5.41, 5.74) is 9.18. The predicted molar refractivity (Wildman–Crippen MR) is 119 cm³/mol. The Balaban J connectivity index is 1.60. The summed E-state index contributed by atoms with van der Waals surface area (Å²) in [6.07, 6.45) is 5.62. The molecule has 0 unspecified atom stereocenters. The van der Waals surface area contributed by atoms with Crippen LogP contribution >= 0.6 is 0 Å². The minimum atomic E-state index is 0.552. The molecule has 0 bridgehead atoms. The van der Waals surface area contributed by atoms with Crippen LogP contribution in [0.15, 0.2) is 67.3 Å². The molecule has 2 heterocycles. The Morgan fingerprint density at radius 1 is 1.10 bits per heavy atom. The van der Waals surface area contributed by atoms with E-state index >= 15 is 0 Å². The Morgan fingerprint density at radius 3 is 2.83 bits per heavy atom. The van der Waals surface area contributed by atoms with Crippen molar-refractivity contribution >= 4 is 22.4 Å². The van der Waals surface area contributed by atoms with Gasteiger partial charge < -0.3 is 15.8 Å². The van der Waals surface area contributed by atoms with Crippen LogP contribution in [0.5, 0.6) is 11.5 Å². The topological polar surface area (TPSA) is 86.0 Å². The van der Waals surface area contributed by atoms with Crippen LogP contribution in [0.25, 0.3) is 10.9 Å². The smallest absolute Gasteiger partial charge is 0.145 e. The zero-order chi connectivity index (χ0) is 20.8. The second-order valence-corrected chi connectivity index (χ2v) is 6.69. The number of fused-ring (bicyclic) bond motifs is 1. The summed E-state index contributed by atoms with van der Waals surface area (Å²) in [5.74, 6) is 8.40. The van der Waals surface area contributed by atoms with E-state index < -0.39 is 0 Å². The number of hydrogen-bond acceptors (Lipinski definition) is 6. The molecule has 148 valence electrons. The maximum atomic E-state index is 5.91. The molecule has 0 aliphatic carbocycles. The Kier molecular flexibility index (Phi) is 5.83. The van der Waals surface area contributed by atoms with Gasteiger partial charge in [-0.2, -0.15) is 0 Å². The number of hydrogen-bond donors (Lipinski definition) is 2. The Hall–Kier alpha value is -3.95. The summed E-state index contributed by atoms with van der Waals surface area (Å²) in [6, 6.07) is 15.5. The van der Waals surface area contributed by atoms with Crippen LogP contribution in [-0.4, -0.2) is 21.5 Å². The van der Waals surface area contributed by atoms with Crippen molar-refractivity contribution in [3.05, 3.63) is 78.4 Å². The van der Waals surface area contributed by atoms with Crippen LogP contribution in [0.1, 0.15) is 17.5 Å². The molecule has 0 saturated carbocycles. The molecule has 0 atom stereocenters. The van der Waals surface area contributed by atoms with Gasteiger partial charge in [0.2, 0.25) is 0 Å². The average Bonchev–Trinajstić information content (AvgIpc) is 2.77. The van der Waals surface area contributed by atoms with Crippen LogP contribution in [0.3, 0.4) is 0 Å². The van der Waals surface area contributed by atoms with E-state index in [1.54, 1.807) is 18.7 Å². The van der Waals surface area contributed by atoms with E-state index in [4.69, 9.17) is 10.5 Å². The maximum absolute atomic E-state index is 5.91. The van der Waals surface area contributed by atoms with Gasteiger partial charge in [-0.05, 0) is 61.0 Å². The molecule has 0 saturated heterocycles. The second kappa shape index (κ2) is 9.03. The van der Waals surface area contributed by atoms with Crippen molar-refractivity contribution in [2.45, 2.75) is 13.3 Å². The lowest BCUT2D eigenvalue weighted by Gasteiger charge is -2.12. The van der Waals surface area contributed by atoms with Crippen molar-refractivity contribution < 1.29 is 4.74 Å². The first-order valence-electron chi connectivity index (χ1n) is 9.62. The predicted octanol–water partition coefficient (Wildman–Crippen LogP) is 4.57. The molecule has 0 aliphatic rings. The first-order chi connectivity index (χ1) is 14.7. The van der Waals surface area contributed by atoms with Gasteiger partial charge in [-0.25, -0.2) is 9.97 Å². The zero-order valence-electron chi connectivity index (χ0n) is 16.6. The van der Waals surface area contributed by atoms with Crippen LogP contribution in [0.4, 0.5) is 11.5 Å². The molecule has 0 radical (unpaired) electrons. The third-order valence-electron chi connectivity index (χ3n) is 4.44. The number of ether oxygens (including phenoxy) is 1. The van der Waals surface area contributed by atoms with Gasteiger partial charge in [-0.15, -0.1) is 0 Å². The molecule has 2 aromatic heterocycles. The van der Waals surface area contributed by atoms with Crippen molar-refractivity contribution in [1.82, 2.24) is 15.0 Å². The highest BCUT2D eigenvalue weighted by atomic mass is 16.5. The monoisotopic (exact) mass is 395 g/mol. The number of aromatic nitrogens is 3. The van der Waals surface area contributed by atoms with E-state index in [2.05, 4.69) is 32.1 Å². The second-order valence-electron chi connectivity index (χ2n) is 6.69. The van der Waals surface area contributed by atoms with Gasteiger partial charge in [0, 0.05) is 35.8 Å². The lowest BCUT2D eigenvalue weighted by atomic mass is 10.1. The third kappa shape index (κ3) is 4.54. The van der Waals surface area contributed by atoms with Gasteiger partial charge in [0.25, 0.3) is 0 Å². The van der Waals surface area contributed by atoms with Gasteiger partial charge >= 0.3 is 0 Å². The lowest BCUT2D eigenvalue weighted by molar-refractivity contribution is 0.476. The normalized spacial score (nSPS) is 10.3. The van der Waals surface area contributed by atoms with Crippen LogP contribution < -0.4 is 15.8 Å². The molecule has 6 heteroatoms. The van der Waals surface area contributed by atoms with E-state index in [-0.39, 0.29) is 0 Å². The number of rotatable bonds is 5. The maximum Gasteiger partial charge on any atom is 0.145 e. The third-order valence-corrected chi connectivity index (χ3v) is 4.44. The Bertz CT molecular complexity index is 1230. The highest BCUT2D eigenvalue weighted by Gasteiger charge is 2.07. The van der Waals surface area contributed by atoms with Crippen LogP contribution in [-0.2, 0) is 0 Å². The quantitative estimate of drug-likeness (QED) is 0.482. The molecule has 6 nitrogen and oxygen atoms in total. The van der Waals surface area contributed by atoms with E-state index in [1.165, 1.54) is 0 Å². The molecular weight excluding hydrogens is 374 g/mol. The van der Waals surface area contributed by atoms with Crippen molar-refractivity contribution in [3.63, 3.8) is 0 Å². The standard InChI is InChI=1S/C24H21N5O/c1-17-13-19(8-10-23(17)30-20-6-4-12-26-15-20)29-24-21-14-18(5-2-3-11-25)7-9-22(21)27-16-28-24/h4,6-10,12-16H,3,11,25H2,1H3,(H,27,28,29). The fourth-order valence-electron chi connectivity index (χ4n) is 2.98. The molecule has 4 aromatic rings. The molecule has 30 heavy (non-hydrogen) atoms. The minimum Gasteiger partial charge on any atom is -0.455 e. The SMILES string of the molecule is Cc1cc(Nc2ncnc3ccc(C#CCCN)cc23)ccc1Oc1cccnc1. The van der Waals surface area contributed by atoms with Crippen LogP contribution in [0, 0.1) is 18.8 Å². The number of aryl methyl sites for hydroxylation is 1. The number of nitrogens with zero attached hydrogens (tertiary/aromatic N) is 3. The number of benzene rings is 2. The fourth-order valence-corrected chi connectivity index (χ4v) is 2.98. The summed E-state index contributed by atoms with van der Waals surface area (Å²) in [6.45, 7) is 2.55. The fraction of sp³-hybridized carbons (Fsp3) is 0.125.